The summed E-state index contributed by atoms with van der Waals surface area (Å²) in [5.74, 6) is 2.86. The molecule has 0 spiro atoms. The molecule has 2 aromatic carbocycles. The van der Waals surface area contributed by atoms with E-state index in [0.717, 1.165) is 65.1 Å². The fourth-order valence-corrected chi connectivity index (χ4v) is 8.14. The van der Waals surface area contributed by atoms with E-state index in [9.17, 15) is 9.59 Å². The Labute approximate surface area is 243 Å². The Morgan fingerprint density at radius 2 is 1.56 bits per heavy atom. The summed E-state index contributed by atoms with van der Waals surface area (Å²) in [6, 6.07) is 17.9. The van der Waals surface area contributed by atoms with Crippen molar-refractivity contribution >= 4 is 17.8 Å². The molecule has 2 N–H and O–H groups in total. The van der Waals surface area contributed by atoms with Crippen molar-refractivity contribution in [2.45, 2.75) is 71.8 Å². The fourth-order valence-electron chi connectivity index (χ4n) is 8.14. The number of anilines is 1. The van der Waals surface area contributed by atoms with Crippen LogP contribution in [0.4, 0.5) is 10.6 Å². The zero-order valence-corrected chi connectivity index (χ0v) is 24.8. The number of benzene rings is 2. The van der Waals surface area contributed by atoms with Crippen molar-refractivity contribution in [3.05, 3.63) is 65.9 Å². The van der Waals surface area contributed by atoms with Crippen LogP contribution in [0.25, 0.3) is 16.8 Å². The van der Waals surface area contributed by atoms with Gasteiger partial charge < -0.3 is 15.5 Å². The first-order chi connectivity index (χ1) is 19.7. The smallest absolute Gasteiger partial charge is 0.318 e. The molecular weight excluding hydrogens is 510 g/mol. The van der Waals surface area contributed by atoms with Crippen LogP contribution in [0.3, 0.4) is 0 Å². The fraction of sp³-hybridized carbons (Fsp3) is 0.500. The lowest BCUT2D eigenvalue weighted by Gasteiger charge is -2.57. The summed E-state index contributed by atoms with van der Waals surface area (Å²) in [5, 5.41) is 11.5. The zero-order chi connectivity index (χ0) is 28.7. The lowest BCUT2D eigenvalue weighted by molar-refractivity contribution is -0.117. The number of para-hydroxylation sites is 1. The first-order valence-electron chi connectivity index (χ1n) is 15.3. The second kappa shape index (κ2) is 11.0. The number of carbonyl (C=O) groups excluding carboxylic acids is 2. The number of hydrogen-bond donors (Lipinski definition) is 2. The number of aryl methyl sites for hydroxylation is 2. The monoisotopic (exact) mass is 553 g/mol. The topological polar surface area (TPSA) is 79.3 Å². The van der Waals surface area contributed by atoms with E-state index in [1.54, 1.807) is 4.90 Å². The van der Waals surface area contributed by atoms with E-state index in [1.807, 2.05) is 73.1 Å². The van der Waals surface area contributed by atoms with Crippen LogP contribution in [0, 0.1) is 37.5 Å². The highest BCUT2D eigenvalue weighted by Gasteiger charge is 2.51. The molecule has 216 valence electrons. The van der Waals surface area contributed by atoms with Crippen molar-refractivity contribution in [1.82, 2.24) is 20.0 Å². The molecule has 4 saturated carbocycles. The van der Waals surface area contributed by atoms with Crippen LogP contribution >= 0.6 is 0 Å². The zero-order valence-electron chi connectivity index (χ0n) is 24.8. The molecule has 3 aromatic rings. The average molecular weight is 554 g/mol. The van der Waals surface area contributed by atoms with Gasteiger partial charge in [0.25, 0.3) is 0 Å². The first-order valence-corrected chi connectivity index (χ1v) is 15.3. The third-order valence-electron chi connectivity index (χ3n) is 9.34. The molecule has 4 fully saturated rings. The SMILES string of the molecule is Cc1ccccc1-n1nc(C)c(-c2ccccc2)c1NC(=O)CN(CC(C)C)C(=O)NC12CC3CC(CC(C3)C1)C2. The maximum absolute atomic E-state index is 13.8. The highest BCUT2D eigenvalue weighted by atomic mass is 16.2. The normalized spacial score (nSPS) is 24.5. The summed E-state index contributed by atoms with van der Waals surface area (Å²) in [5.41, 5.74) is 4.56. The Bertz CT molecular complexity index is 1390. The van der Waals surface area contributed by atoms with E-state index in [2.05, 4.69) is 24.5 Å². The third kappa shape index (κ3) is 5.64. The van der Waals surface area contributed by atoms with E-state index in [4.69, 9.17) is 5.10 Å². The van der Waals surface area contributed by atoms with E-state index in [1.165, 1.54) is 19.3 Å². The maximum atomic E-state index is 13.8. The molecule has 7 heteroatoms. The Morgan fingerprint density at radius 1 is 0.951 bits per heavy atom. The molecule has 0 radical (unpaired) electrons. The van der Waals surface area contributed by atoms with E-state index >= 15 is 0 Å². The van der Waals surface area contributed by atoms with Gasteiger partial charge in [0.15, 0.2) is 0 Å². The van der Waals surface area contributed by atoms with Crippen molar-refractivity contribution in [2.24, 2.45) is 23.7 Å². The molecule has 7 rings (SSSR count). The summed E-state index contributed by atoms with van der Waals surface area (Å²) in [4.78, 5) is 29.3. The van der Waals surface area contributed by atoms with Gasteiger partial charge in [0.05, 0.1) is 11.4 Å². The Kier molecular flexibility index (Phi) is 7.39. The molecule has 41 heavy (non-hydrogen) atoms. The maximum Gasteiger partial charge on any atom is 0.318 e. The highest BCUT2D eigenvalue weighted by molar-refractivity contribution is 5.98. The Hall–Kier alpha value is -3.61. The molecule has 4 aliphatic rings. The van der Waals surface area contributed by atoms with Gasteiger partial charge in [-0.3, -0.25) is 4.79 Å². The third-order valence-corrected chi connectivity index (χ3v) is 9.34. The van der Waals surface area contributed by atoms with Gasteiger partial charge in [-0.15, -0.1) is 0 Å². The largest absolute Gasteiger partial charge is 0.333 e. The van der Waals surface area contributed by atoms with Gasteiger partial charge in [-0.2, -0.15) is 5.10 Å². The minimum absolute atomic E-state index is 0.0113. The number of carbonyl (C=O) groups is 2. The van der Waals surface area contributed by atoms with Gasteiger partial charge in [-0.1, -0.05) is 62.4 Å². The predicted molar refractivity (Wildman–Crippen MR) is 163 cm³/mol. The van der Waals surface area contributed by atoms with E-state index in [0.29, 0.717) is 12.4 Å². The lowest BCUT2D eigenvalue weighted by Crippen LogP contribution is -2.62. The molecule has 3 amide bonds. The molecule has 1 aromatic heterocycles. The lowest BCUT2D eigenvalue weighted by atomic mass is 9.53. The molecule has 4 bridgehead atoms. The number of rotatable bonds is 8. The molecule has 0 unspecified atom stereocenters. The molecule has 7 nitrogen and oxygen atoms in total. The van der Waals surface area contributed by atoms with Gasteiger partial charge in [-0.05, 0) is 93.2 Å². The Balaban J connectivity index is 1.26. The average Bonchev–Trinajstić information content (AvgIpc) is 3.22. The van der Waals surface area contributed by atoms with Crippen LogP contribution in [0.5, 0.6) is 0 Å². The second-order valence-corrected chi connectivity index (χ2v) is 13.3. The molecular formula is C34H43N5O2. The number of amides is 3. The van der Waals surface area contributed by atoms with E-state index < -0.39 is 0 Å². The number of urea groups is 1. The number of hydrogen-bond acceptors (Lipinski definition) is 3. The van der Waals surface area contributed by atoms with Gasteiger partial charge in [0.2, 0.25) is 5.91 Å². The standard InChI is InChI=1S/C34H43N5O2/c1-22(2)20-38(33(41)36-34-17-25-14-26(18-34)16-27(15-25)19-34)21-30(40)35-32-31(28-11-6-5-7-12-28)24(4)37-39(32)29-13-9-8-10-23(29)3/h5-13,22,25-27H,14-21H2,1-4H3,(H,35,40)(H,36,41). The first kappa shape index (κ1) is 27.6. The summed E-state index contributed by atoms with van der Waals surface area (Å²) in [6.07, 6.45) is 7.23. The van der Waals surface area contributed by atoms with Crippen LogP contribution < -0.4 is 10.6 Å². The molecule has 4 aliphatic carbocycles. The van der Waals surface area contributed by atoms with Gasteiger partial charge in [-0.25, -0.2) is 9.48 Å². The summed E-state index contributed by atoms with van der Waals surface area (Å²) >= 11 is 0. The summed E-state index contributed by atoms with van der Waals surface area (Å²) in [6.45, 7) is 8.70. The quantitative estimate of drug-likeness (QED) is 0.325. The number of nitrogens with zero attached hydrogens (tertiary/aromatic N) is 3. The predicted octanol–water partition coefficient (Wildman–Crippen LogP) is 6.73. The van der Waals surface area contributed by atoms with Gasteiger partial charge >= 0.3 is 6.03 Å². The molecule has 0 saturated heterocycles. The highest BCUT2D eigenvalue weighted by Crippen LogP contribution is 2.55. The van der Waals surface area contributed by atoms with Crippen LogP contribution in [0.1, 0.15) is 63.6 Å². The van der Waals surface area contributed by atoms with Crippen molar-refractivity contribution in [1.29, 1.82) is 0 Å². The van der Waals surface area contributed by atoms with Gasteiger partial charge in [0, 0.05) is 17.6 Å². The van der Waals surface area contributed by atoms with Crippen molar-refractivity contribution < 1.29 is 9.59 Å². The second-order valence-electron chi connectivity index (χ2n) is 13.3. The van der Waals surface area contributed by atoms with Gasteiger partial charge in [0.1, 0.15) is 12.4 Å². The van der Waals surface area contributed by atoms with Crippen LogP contribution in [-0.4, -0.2) is 45.2 Å². The van der Waals surface area contributed by atoms with Crippen LogP contribution in [-0.2, 0) is 4.79 Å². The number of nitrogens with one attached hydrogen (secondary N) is 2. The van der Waals surface area contributed by atoms with Crippen molar-refractivity contribution in [3.63, 3.8) is 0 Å². The summed E-state index contributed by atoms with van der Waals surface area (Å²) in [7, 11) is 0. The minimum atomic E-state index is -0.224. The molecule has 0 aliphatic heterocycles. The number of aromatic nitrogens is 2. The summed E-state index contributed by atoms with van der Waals surface area (Å²) < 4.78 is 1.83. The van der Waals surface area contributed by atoms with E-state index in [-0.39, 0.29) is 29.9 Å². The van der Waals surface area contributed by atoms with Crippen molar-refractivity contribution in [3.8, 4) is 16.8 Å². The van der Waals surface area contributed by atoms with Crippen molar-refractivity contribution in [2.75, 3.05) is 18.4 Å². The molecule has 0 atom stereocenters. The Morgan fingerprint density at radius 3 is 2.17 bits per heavy atom. The van der Waals surface area contributed by atoms with Crippen LogP contribution in [0.2, 0.25) is 0 Å². The minimum Gasteiger partial charge on any atom is -0.333 e. The van der Waals surface area contributed by atoms with Crippen LogP contribution in [0.15, 0.2) is 54.6 Å². The molecule has 1 heterocycles.